The highest BCUT2D eigenvalue weighted by Gasteiger charge is 2.03. The molecule has 1 aromatic rings. The Morgan fingerprint density at radius 1 is 1.50 bits per heavy atom. The fourth-order valence-electron chi connectivity index (χ4n) is 1.54. The molecule has 1 heterocycles. The van der Waals surface area contributed by atoms with Gasteiger partial charge in [-0.3, -0.25) is 4.98 Å². The van der Waals surface area contributed by atoms with Crippen LogP contribution in [0.4, 0.5) is 0 Å². The zero-order valence-corrected chi connectivity index (χ0v) is 8.23. The van der Waals surface area contributed by atoms with Crippen LogP contribution in [-0.4, -0.2) is 12.1 Å². The molecule has 72 valence electrons. The number of pyridine rings is 1. The number of ether oxygens (including phenoxy) is 1. The smallest absolute Gasteiger partial charge is 0.122 e. The number of aromatic nitrogens is 1. The van der Waals surface area contributed by atoms with Crippen LogP contribution >= 0.6 is 0 Å². The standard InChI is InChI=1S/C12H13NO/c1-14-12-6-7-13-11(9-12)8-10-4-2-3-5-10/h2-4,6-7,9H,5,8H2,1H3. The number of nitrogens with zero attached hydrogens (tertiary/aromatic N) is 1. The fraction of sp³-hybridized carbons (Fsp3) is 0.250. The molecule has 0 radical (unpaired) electrons. The Labute approximate surface area is 83.9 Å². The molecule has 2 heteroatoms. The van der Waals surface area contributed by atoms with Crippen molar-refractivity contribution in [2.45, 2.75) is 12.8 Å². The molecule has 1 aromatic heterocycles. The maximum absolute atomic E-state index is 5.14. The summed E-state index contributed by atoms with van der Waals surface area (Å²) in [6.07, 6.45) is 10.2. The van der Waals surface area contributed by atoms with E-state index in [1.807, 2.05) is 12.1 Å². The molecule has 0 aliphatic heterocycles. The third kappa shape index (κ3) is 2.02. The van der Waals surface area contributed by atoms with Crippen LogP contribution in [-0.2, 0) is 6.42 Å². The lowest BCUT2D eigenvalue weighted by molar-refractivity contribution is 0.413. The first-order valence-electron chi connectivity index (χ1n) is 4.72. The van der Waals surface area contributed by atoms with Gasteiger partial charge in [-0.1, -0.05) is 23.8 Å². The van der Waals surface area contributed by atoms with Gasteiger partial charge in [-0.25, -0.2) is 0 Å². The van der Waals surface area contributed by atoms with E-state index in [1.165, 1.54) is 5.57 Å². The van der Waals surface area contributed by atoms with Crippen molar-refractivity contribution in [3.05, 3.63) is 47.8 Å². The second kappa shape index (κ2) is 4.09. The molecule has 0 spiro atoms. The summed E-state index contributed by atoms with van der Waals surface area (Å²) >= 11 is 0. The van der Waals surface area contributed by atoms with Gasteiger partial charge >= 0.3 is 0 Å². The Morgan fingerprint density at radius 3 is 3.14 bits per heavy atom. The molecule has 0 amide bonds. The molecule has 0 saturated carbocycles. The van der Waals surface area contributed by atoms with Crippen LogP contribution in [0.25, 0.3) is 0 Å². The number of rotatable bonds is 3. The minimum atomic E-state index is 0.876. The monoisotopic (exact) mass is 187 g/mol. The number of methoxy groups -OCH3 is 1. The van der Waals surface area contributed by atoms with Crippen molar-refractivity contribution in [3.8, 4) is 5.75 Å². The molecule has 14 heavy (non-hydrogen) atoms. The van der Waals surface area contributed by atoms with E-state index in [1.54, 1.807) is 13.3 Å². The third-order valence-electron chi connectivity index (χ3n) is 2.28. The van der Waals surface area contributed by atoms with Crippen LogP contribution in [0.5, 0.6) is 5.75 Å². The number of hydrogen-bond acceptors (Lipinski definition) is 2. The molecule has 0 bridgehead atoms. The lowest BCUT2D eigenvalue weighted by atomic mass is 10.1. The third-order valence-corrected chi connectivity index (χ3v) is 2.28. The highest BCUT2D eigenvalue weighted by atomic mass is 16.5. The van der Waals surface area contributed by atoms with E-state index in [0.29, 0.717) is 0 Å². The summed E-state index contributed by atoms with van der Waals surface area (Å²) in [5.41, 5.74) is 2.48. The average Bonchev–Trinajstić information content (AvgIpc) is 2.71. The van der Waals surface area contributed by atoms with Crippen molar-refractivity contribution >= 4 is 0 Å². The van der Waals surface area contributed by atoms with Crippen LogP contribution in [0.3, 0.4) is 0 Å². The van der Waals surface area contributed by atoms with Gasteiger partial charge in [-0.05, 0) is 12.5 Å². The predicted octanol–water partition coefficient (Wildman–Crippen LogP) is 2.52. The second-order valence-corrected chi connectivity index (χ2v) is 3.32. The van der Waals surface area contributed by atoms with Crippen molar-refractivity contribution in [1.29, 1.82) is 0 Å². The first-order valence-corrected chi connectivity index (χ1v) is 4.72. The summed E-state index contributed by atoms with van der Waals surface area (Å²) in [5.74, 6) is 0.876. The minimum Gasteiger partial charge on any atom is -0.497 e. The predicted molar refractivity (Wildman–Crippen MR) is 56.3 cm³/mol. The van der Waals surface area contributed by atoms with E-state index < -0.39 is 0 Å². The Bertz CT molecular complexity index is 380. The van der Waals surface area contributed by atoms with Crippen molar-refractivity contribution in [3.63, 3.8) is 0 Å². The van der Waals surface area contributed by atoms with Crippen LogP contribution in [0.15, 0.2) is 42.1 Å². The van der Waals surface area contributed by atoms with Gasteiger partial charge in [0.1, 0.15) is 5.75 Å². The van der Waals surface area contributed by atoms with Crippen molar-refractivity contribution in [2.75, 3.05) is 7.11 Å². The molecular weight excluding hydrogens is 174 g/mol. The summed E-state index contributed by atoms with van der Waals surface area (Å²) in [5, 5.41) is 0. The average molecular weight is 187 g/mol. The molecule has 0 saturated heterocycles. The molecule has 0 atom stereocenters. The van der Waals surface area contributed by atoms with Crippen molar-refractivity contribution < 1.29 is 4.74 Å². The topological polar surface area (TPSA) is 22.1 Å². The summed E-state index contributed by atoms with van der Waals surface area (Å²) in [6.45, 7) is 0. The lowest BCUT2D eigenvalue weighted by Gasteiger charge is -2.03. The van der Waals surface area contributed by atoms with Crippen LogP contribution in [0, 0.1) is 0 Å². The molecule has 1 aliphatic carbocycles. The SMILES string of the molecule is COc1ccnc(CC2=CC=CC2)c1. The highest BCUT2D eigenvalue weighted by Crippen LogP contribution is 2.17. The number of allylic oxidation sites excluding steroid dienone is 4. The molecule has 2 nitrogen and oxygen atoms in total. The van der Waals surface area contributed by atoms with Crippen molar-refractivity contribution in [1.82, 2.24) is 4.98 Å². The Kier molecular flexibility index (Phi) is 2.63. The molecule has 1 aliphatic rings. The molecule has 0 fully saturated rings. The van der Waals surface area contributed by atoms with Crippen molar-refractivity contribution in [2.24, 2.45) is 0 Å². The molecule has 0 N–H and O–H groups in total. The Hall–Kier alpha value is -1.57. The Morgan fingerprint density at radius 2 is 2.43 bits per heavy atom. The summed E-state index contributed by atoms with van der Waals surface area (Å²) in [6, 6.07) is 3.85. The van der Waals surface area contributed by atoms with Crippen LogP contribution in [0.1, 0.15) is 12.1 Å². The maximum atomic E-state index is 5.14. The van der Waals surface area contributed by atoms with Gasteiger partial charge in [-0.2, -0.15) is 0 Å². The van der Waals surface area contributed by atoms with Gasteiger partial charge in [0.25, 0.3) is 0 Å². The largest absolute Gasteiger partial charge is 0.497 e. The van der Waals surface area contributed by atoms with Gasteiger partial charge in [-0.15, -0.1) is 0 Å². The van der Waals surface area contributed by atoms with Crippen LogP contribution in [0.2, 0.25) is 0 Å². The zero-order chi connectivity index (χ0) is 9.80. The first-order chi connectivity index (χ1) is 6.88. The fourth-order valence-corrected chi connectivity index (χ4v) is 1.54. The van der Waals surface area contributed by atoms with E-state index in [0.717, 1.165) is 24.3 Å². The highest BCUT2D eigenvalue weighted by molar-refractivity contribution is 5.30. The van der Waals surface area contributed by atoms with E-state index >= 15 is 0 Å². The van der Waals surface area contributed by atoms with Crippen LogP contribution < -0.4 is 4.74 Å². The number of hydrogen-bond donors (Lipinski definition) is 0. The first kappa shape index (κ1) is 9.00. The summed E-state index contributed by atoms with van der Waals surface area (Å²) in [7, 11) is 1.68. The quantitative estimate of drug-likeness (QED) is 0.725. The van der Waals surface area contributed by atoms with E-state index in [9.17, 15) is 0 Å². The van der Waals surface area contributed by atoms with Gasteiger partial charge < -0.3 is 4.74 Å². The lowest BCUT2D eigenvalue weighted by Crippen LogP contribution is -1.93. The van der Waals surface area contributed by atoms with Gasteiger partial charge in [0.2, 0.25) is 0 Å². The molecular formula is C12H13NO. The van der Waals surface area contributed by atoms with Gasteiger partial charge in [0.05, 0.1) is 7.11 Å². The van der Waals surface area contributed by atoms with Gasteiger partial charge in [0, 0.05) is 24.4 Å². The van der Waals surface area contributed by atoms with E-state index in [4.69, 9.17) is 4.74 Å². The summed E-state index contributed by atoms with van der Waals surface area (Å²) < 4.78 is 5.14. The van der Waals surface area contributed by atoms with Gasteiger partial charge in [0.15, 0.2) is 0 Å². The summed E-state index contributed by atoms with van der Waals surface area (Å²) in [4.78, 5) is 4.30. The normalized spacial score (nSPS) is 14.2. The van der Waals surface area contributed by atoms with E-state index in [2.05, 4.69) is 23.2 Å². The van der Waals surface area contributed by atoms with E-state index in [-0.39, 0.29) is 0 Å². The molecule has 0 aromatic carbocycles. The molecule has 2 rings (SSSR count). The maximum Gasteiger partial charge on any atom is 0.122 e. The minimum absolute atomic E-state index is 0.876. The second-order valence-electron chi connectivity index (χ2n) is 3.32. The molecule has 0 unspecified atom stereocenters. The zero-order valence-electron chi connectivity index (χ0n) is 8.23. The Balaban J connectivity index is 2.09.